The summed E-state index contributed by atoms with van der Waals surface area (Å²) in [6.45, 7) is 4.15. The molecular formula is C18H18F11NO. The lowest BCUT2D eigenvalue weighted by Gasteiger charge is -2.52. The first-order valence-electron chi connectivity index (χ1n) is 8.98. The third-order valence-corrected chi connectivity index (χ3v) is 5.43. The molecule has 0 amide bonds. The minimum atomic E-state index is -7.27. The van der Waals surface area contributed by atoms with Crippen molar-refractivity contribution in [3.05, 3.63) is 29.8 Å². The van der Waals surface area contributed by atoms with Crippen LogP contribution in [0, 0.1) is 0 Å². The lowest BCUT2D eigenvalue weighted by molar-refractivity contribution is -0.487. The molecule has 1 unspecified atom stereocenters. The summed E-state index contributed by atoms with van der Waals surface area (Å²) in [6.07, 6.45) is -5.42. The van der Waals surface area contributed by atoms with Crippen LogP contribution in [-0.4, -0.2) is 53.5 Å². The van der Waals surface area contributed by atoms with Crippen molar-refractivity contribution in [3.63, 3.8) is 0 Å². The Hall–Kier alpha value is -1.79. The molecule has 31 heavy (non-hydrogen) atoms. The van der Waals surface area contributed by atoms with Crippen molar-refractivity contribution < 1.29 is 53.4 Å². The van der Waals surface area contributed by atoms with Crippen molar-refractivity contribution >= 4 is 5.69 Å². The van der Waals surface area contributed by atoms with Gasteiger partial charge in [0.15, 0.2) is 0 Å². The van der Waals surface area contributed by atoms with E-state index in [0.29, 0.717) is 18.8 Å². The molecule has 0 radical (unpaired) electrons. The van der Waals surface area contributed by atoms with Gasteiger partial charge in [-0.15, -0.1) is 0 Å². The van der Waals surface area contributed by atoms with Crippen LogP contribution in [0.4, 0.5) is 54.0 Å². The second-order valence-electron chi connectivity index (χ2n) is 7.16. The van der Waals surface area contributed by atoms with E-state index < -0.39 is 53.4 Å². The number of halogens is 11. The number of rotatable bonds is 6. The number of alkyl halides is 11. The summed E-state index contributed by atoms with van der Waals surface area (Å²) in [5.41, 5.74) is -6.46. The van der Waals surface area contributed by atoms with Gasteiger partial charge in [0.05, 0.1) is 6.10 Å². The Morgan fingerprint density at radius 3 is 1.58 bits per heavy atom. The molecule has 0 saturated heterocycles. The Morgan fingerprint density at radius 1 is 0.742 bits per heavy atom. The van der Waals surface area contributed by atoms with Crippen molar-refractivity contribution in [2.75, 3.05) is 18.0 Å². The van der Waals surface area contributed by atoms with E-state index in [4.69, 9.17) is 0 Å². The zero-order valence-electron chi connectivity index (χ0n) is 16.1. The highest BCUT2D eigenvalue weighted by atomic mass is 19.4. The van der Waals surface area contributed by atoms with Crippen LogP contribution >= 0.6 is 0 Å². The average molecular weight is 473 g/mol. The van der Waals surface area contributed by atoms with E-state index in [-0.39, 0.29) is 0 Å². The molecule has 0 bridgehead atoms. The van der Waals surface area contributed by atoms with Crippen LogP contribution in [-0.2, 0) is 0 Å². The summed E-state index contributed by atoms with van der Waals surface area (Å²) in [5.74, 6) is -35.5. The number of hydrogen-bond acceptors (Lipinski definition) is 2. The molecule has 1 aromatic rings. The molecule has 2 nitrogen and oxygen atoms in total. The van der Waals surface area contributed by atoms with Gasteiger partial charge in [0, 0.05) is 25.2 Å². The number of aliphatic hydroxyl groups is 1. The van der Waals surface area contributed by atoms with Crippen LogP contribution in [0.15, 0.2) is 24.3 Å². The molecule has 0 spiro atoms. The quantitative estimate of drug-likeness (QED) is 0.524. The SMILES string of the molecule is CCN(CC)c1cccc(C(O)CC2(F)C(F)(F)C(F)(F)C(F)(F)C(F)(F)C2(F)F)c1. The third kappa shape index (κ3) is 3.09. The Bertz CT molecular complexity index is 777. The number of hydrogen-bond donors (Lipinski definition) is 1. The van der Waals surface area contributed by atoms with Crippen LogP contribution in [0.1, 0.15) is 31.9 Å². The zero-order valence-corrected chi connectivity index (χ0v) is 16.1. The highest BCUT2D eigenvalue weighted by molar-refractivity contribution is 5.49. The van der Waals surface area contributed by atoms with Gasteiger partial charge in [-0.3, -0.25) is 0 Å². The second kappa shape index (κ2) is 7.38. The molecule has 1 aliphatic rings. The first kappa shape index (κ1) is 25.5. The number of aliphatic hydroxyl groups excluding tert-OH is 1. The maximum atomic E-state index is 14.8. The van der Waals surface area contributed by atoms with Crippen molar-refractivity contribution in [3.8, 4) is 0 Å². The van der Waals surface area contributed by atoms with E-state index in [1.807, 2.05) is 0 Å². The highest BCUT2D eigenvalue weighted by Gasteiger charge is 3.00. The molecule has 2 rings (SSSR count). The molecule has 1 aromatic carbocycles. The number of benzene rings is 1. The van der Waals surface area contributed by atoms with Gasteiger partial charge in [-0.2, -0.15) is 43.9 Å². The minimum absolute atomic E-state index is 0.291. The Kier molecular flexibility index (Phi) is 6.06. The molecule has 0 heterocycles. The van der Waals surface area contributed by atoms with E-state index in [0.717, 1.165) is 12.1 Å². The normalized spacial score (nSPS) is 25.6. The van der Waals surface area contributed by atoms with E-state index in [1.165, 1.54) is 12.1 Å². The van der Waals surface area contributed by atoms with Crippen LogP contribution in [0.25, 0.3) is 0 Å². The van der Waals surface area contributed by atoms with E-state index >= 15 is 0 Å². The Balaban J connectivity index is 2.57. The average Bonchev–Trinajstić information content (AvgIpc) is 2.67. The van der Waals surface area contributed by atoms with Crippen molar-refractivity contribution in [1.29, 1.82) is 0 Å². The third-order valence-electron chi connectivity index (χ3n) is 5.43. The van der Waals surface area contributed by atoms with Crippen LogP contribution < -0.4 is 4.90 Å². The summed E-state index contributed by atoms with van der Waals surface area (Å²) < 4.78 is 152. The summed E-state index contributed by atoms with van der Waals surface area (Å²) in [6, 6.07) is 4.56. The van der Waals surface area contributed by atoms with Crippen LogP contribution in [0.2, 0.25) is 0 Å². The molecule has 13 heteroatoms. The molecule has 178 valence electrons. The molecule has 1 atom stereocenters. The summed E-state index contributed by atoms with van der Waals surface area (Å²) in [7, 11) is 0. The van der Waals surface area contributed by atoms with Gasteiger partial charge in [0.2, 0.25) is 0 Å². The Labute approximate surface area is 169 Å². The second-order valence-corrected chi connectivity index (χ2v) is 7.16. The predicted molar refractivity (Wildman–Crippen MR) is 88.2 cm³/mol. The van der Waals surface area contributed by atoms with Crippen molar-refractivity contribution in [2.45, 2.75) is 61.7 Å². The first-order chi connectivity index (χ1) is 13.9. The molecule has 0 aromatic heterocycles. The van der Waals surface area contributed by atoms with Gasteiger partial charge in [-0.1, -0.05) is 12.1 Å². The topological polar surface area (TPSA) is 23.5 Å². The lowest BCUT2D eigenvalue weighted by atomic mass is 9.69. The first-order valence-corrected chi connectivity index (χ1v) is 8.98. The van der Waals surface area contributed by atoms with Crippen LogP contribution in [0.5, 0.6) is 0 Å². The van der Waals surface area contributed by atoms with Crippen molar-refractivity contribution in [1.82, 2.24) is 0 Å². The van der Waals surface area contributed by atoms with E-state index in [9.17, 15) is 53.4 Å². The molecule has 0 aliphatic heterocycles. The summed E-state index contributed by atoms with van der Waals surface area (Å²) in [4.78, 5) is 1.62. The zero-order chi connectivity index (χ0) is 24.3. The summed E-state index contributed by atoms with van der Waals surface area (Å²) >= 11 is 0. The fraction of sp³-hybridized carbons (Fsp3) is 0.667. The van der Waals surface area contributed by atoms with E-state index in [2.05, 4.69) is 0 Å². The molecular weight excluding hydrogens is 455 g/mol. The maximum absolute atomic E-state index is 14.8. The summed E-state index contributed by atoms with van der Waals surface area (Å²) in [5, 5.41) is 10.0. The fourth-order valence-electron chi connectivity index (χ4n) is 3.44. The molecule has 1 N–H and O–H groups in total. The number of anilines is 1. The van der Waals surface area contributed by atoms with Gasteiger partial charge >= 0.3 is 29.6 Å². The van der Waals surface area contributed by atoms with Gasteiger partial charge in [0.1, 0.15) is 0 Å². The lowest BCUT2D eigenvalue weighted by Crippen LogP contribution is -2.83. The van der Waals surface area contributed by atoms with Crippen LogP contribution in [0.3, 0.4) is 0 Å². The van der Waals surface area contributed by atoms with E-state index in [1.54, 1.807) is 18.7 Å². The number of nitrogens with zero attached hydrogens (tertiary/aromatic N) is 1. The highest BCUT2D eigenvalue weighted by Crippen LogP contribution is 2.70. The minimum Gasteiger partial charge on any atom is -0.388 e. The predicted octanol–water partition coefficient (Wildman–Crippen LogP) is 5.85. The molecule has 1 fully saturated rings. The largest absolute Gasteiger partial charge is 0.388 e. The monoisotopic (exact) mass is 473 g/mol. The Morgan fingerprint density at radius 2 is 1.16 bits per heavy atom. The van der Waals surface area contributed by atoms with Gasteiger partial charge in [-0.05, 0) is 31.5 Å². The standard InChI is InChI=1S/C18H18F11NO/c1-3-30(4-2)11-7-5-6-10(8-11)12(31)9-13(19)14(20,21)16(24,25)18(28,29)17(26,27)15(13,22)23/h5-8,12,31H,3-4,9H2,1-2H3. The fourth-order valence-corrected chi connectivity index (χ4v) is 3.44. The van der Waals surface area contributed by atoms with Crippen molar-refractivity contribution in [2.24, 2.45) is 0 Å². The maximum Gasteiger partial charge on any atom is 0.384 e. The molecule has 1 aliphatic carbocycles. The van der Waals surface area contributed by atoms with Gasteiger partial charge in [0.25, 0.3) is 5.67 Å². The molecule has 1 saturated carbocycles. The van der Waals surface area contributed by atoms with Gasteiger partial charge in [-0.25, -0.2) is 4.39 Å². The van der Waals surface area contributed by atoms with Gasteiger partial charge < -0.3 is 10.0 Å². The smallest absolute Gasteiger partial charge is 0.384 e.